The number of nitro groups is 1. The third-order valence-electron chi connectivity index (χ3n) is 4.59. The van der Waals surface area contributed by atoms with Gasteiger partial charge < -0.3 is 5.32 Å². The Morgan fingerprint density at radius 1 is 1.17 bits per heavy atom. The number of nitrogens with zero attached hydrogens (tertiary/aromatic N) is 5. The fraction of sp³-hybridized carbons (Fsp3) is 0.100. The van der Waals surface area contributed by atoms with Crippen LogP contribution in [0.1, 0.15) is 5.56 Å². The molecular formula is C20H16N6O4. The van der Waals surface area contributed by atoms with Gasteiger partial charge in [0, 0.05) is 11.8 Å². The molecule has 30 heavy (non-hydrogen) atoms. The fourth-order valence-electron chi connectivity index (χ4n) is 3.09. The van der Waals surface area contributed by atoms with Crippen LogP contribution in [0, 0.1) is 17.0 Å². The summed E-state index contributed by atoms with van der Waals surface area (Å²) in [7, 11) is 0. The number of hydrogen-bond acceptors (Lipinski definition) is 6. The van der Waals surface area contributed by atoms with Crippen molar-refractivity contribution >= 4 is 28.3 Å². The van der Waals surface area contributed by atoms with Gasteiger partial charge in [0.15, 0.2) is 5.65 Å². The van der Waals surface area contributed by atoms with Gasteiger partial charge in [-0.2, -0.15) is 5.10 Å². The molecule has 1 amide bonds. The number of amides is 1. The number of carbonyl (C=O) groups is 1. The van der Waals surface area contributed by atoms with Crippen LogP contribution in [0.2, 0.25) is 0 Å². The van der Waals surface area contributed by atoms with Gasteiger partial charge in [0.1, 0.15) is 23.9 Å². The molecule has 10 nitrogen and oxygen atoms in total. The summed E-state index contributed by atoms with van der Waals surface area (Å²) in [5, 5.41) is 18.3. The van der Waals surface area contributed by atoms with Crippen LogP contribution >= 0.6 is 0 Å². The number of fused-ring (bicyclic) bond motifs is 1. The van der Waals surface area contributed by atoms with Crippen molar-refractivity contribution in [1.29, 1.82) is 0 Å². The normalized spacial score (nSPS) is 10.8. The maximum atomic E-state index is 12.8. The molecule has 0 aliphatic heterocycles. The van der Waals surface area contributed by atoms with E-state index in [0.29, 0.717) is 5.69 Å². The van der Waals surface area contributed by atoms with E-state index in [9.17, 15) is 19.7 Å². The van der Waals surface area contributed by atoms with E-state index in [1.807, 2.05) is 19.1 Å². The minimum absolute atomic E-state index is 0.152. The Morgan fingerprint density at radius 2 is 1.90 bits per heavy atom. The molecule has 0 fully saturated rings. The van der Waals surface area contributed by atoms with Crippen LogP contribution < -0.4 is 10.9 Å². The van der Waals surface area contributed by atoms with E-state index in [1.165, 1.54) is 33.9 Å². The molecule has 0 aliphatic carbocycles. The van der Waals surface area contributed by atoms with Gasteiger partial charge in [0.05, 0.1) is 11.1 Å². The maximum Gasteiger partial charge on any atom is 0.294 e. The van der Waals surface area contributed by atoms with Crippen LogP contribution in [0.5, 0.6) is 0 Å². The molecule has 1 N–H and O–H groups in total. The molecule has 0 atom stereocenters. The summed E-state index contributed by atoms with van der Waals surface area (Å²) < 4.78 is 2.41. The van der Waals surface area contributed by atoms with Gasteiger partial charge in [-0.1, -0.05) is 30.3 Å². The standard InChI is InChI=1S/C20H16N6O4/c1-13-6-2-3-7-15(13)23-18(27)11-24-12-21-19-14(20(24)28)10-22-25(19)16-8-4-5-9-17(16)26(29)30/h2-10,12H,11H2,1H3,(H,23,27). The lowest BCUT2D eigenvalue weighted by molar-refractivity contribution is -0.384. The number of benzene rings is 2. The fourth-order valence-corrected chi connectivity index (χ4v) is 3.09. The molecule has 2 heterocycles. The van der Waals surface area contributed by atoms with E-state index in [0.717, 1.165) is 5.56 Å². The van der Waals surface area contributed by atoms with E-state index in [-0.39, 0.29) is 34.9 Å². The molecular weight excluding hydrogens is 388 g/mol. The number of rotatable bonds is 5. The molecule has 0 aliphatic rings. The minimum Gasteiger partial charge on any atom is -0.324 e. The lowest BCUT2D eigenvalue weighted by Crippen LogP contribution is -2.28. The Bertz CT molecular complexity index is 1340. The Hall–Kier alpha value is -4.34. The minimum atomic E-state index is -0.528. The zero-order chi connectivity index (χ0) is 21.3. The van der Waals surface area contributed by atoms with Gasteiger partial charge in [-0.15, -0.1) is 0 Å². The number of hydrogen-bond donors (Lipinski definition) is 1. The molecule has 0 saturated heterocycles. The van der Waals surface area contributed by atoms with Gasteiger partial charge in [0.25, 0.3) is 11.2 Å². The van der Waals surface area contributed by atoms with Crippen LogP contribution in [0.15, 0.2) is 65.8 Å². The van der Waals surface area contributed by atoms with E-state index in [1.54, 1.807) is 24.3 Å². The van der Waals surface area contributed by atoms with Crippen molar-refractivity contribution in [3.63, 3.8) is 0 Å². The highest BCUT2D eigenvalue weighted by Gasteiger charge is 2.19. The number of aromatic nitrogens is 4. The van der Waals surface area contributed by atoms with Gasteiger partial charge in [-0.05, 0) is 24.6 Å². The quantitative estimate of drug-likeness (QED) is 0.402. The SMILES string of the molecule is Cc1ccccc1NC(=O)Cn1cnc2c(cnn2-c2ccccc2[N+](=O)[O-])c1=O. The highest BCUT2D eigenvalue weighted by molar-refractivity contribution is 5.91. The van der Waals surface area contributed by atoms with E-state index in [4.69, 9.17) is 0 Å². The van der Waals surface area contributed by atoms with Crippen LogP contribution in [0.25, 0.3) is 16.7 Å². The zero-order valence-corrected chi connectivity index (χ0v) is 15.8. The van der Waals surface area contributed by atoms with E-state index >= 15 is 0 Å². The van der Waals surface area contributed by atoms with Crippen LogP contribution in [-0.4, -0.2) is 30.2 Å². The molecule has 4 aromatic rings. The zero-order valence-electron chi connectivity index (χ0n) is 15.8. The second-order valence-electron chi connectivity index (χ2n) is 6.58. The highest BCUT2D eigenvalue weighted by atomic mass is 16.6. The topological polar surface area (TPSA) is 125 Å². The number of anilines is 1. The molecule has 0 spiro atoms. The maximum absolute atomic E-state index is 12.8. The first-order valence-corrected chi connectivity index (χ1v) is 8.98. The number of nitro benzene ring substituents is 1. The van der Waals surface area contributed by atoms with Crippen molar-refractivity contribution < 1.29 is 9.72 Å². The van der Waals surface area contributed by atoms with E-state index < -0.39 is 10.5 Å². The van der Waals surface area contributed by atoms with Crippen LogP contribution in [0.4, 0.5) is 11.4 Å². The number of para-hydroxylation sites is 3. The molecule has 0 saturated carbocycles. The monoisotopic (exact) mass is 404 g/mol. The Balaban J connectivity index is 1.67. The summed E-state index contributed by atoms with van der Waals surface area (Å²) in [6.07, 6.45) is 2.52. The summed E-state index contributed by atoms with van der Waals surface area (Å²) in [6.45, 7) is 1.64. The molecule has 10 heteroatoms. The summed E-state index contributed by atoms with van der Waals surface area (Å²) >= 11 is 0. The largest absolute Gasteiger partial charge is 0.324 e. The predicted octanol–water partition coefficient (Wildman–Crippen LogP) is 2.44. The average Bonchev–Trinajstić information content (AvgIpc) is 3.16. The van der Waals surface area contributed by atoms with Crippen LogP contribution in [0.3, 0.4) is 0 Å². The number of carbonyl (C=O) groups excluding carboxylic acids is 1. The van der Waals surface area contributed by atoms with Crippen molar-refractivity contribution in [1.82, 2.24) is 19.3 Å². The summed E-state index contributed by atoms with van der Waals surface area (Å²) in [6, 6.07) is 13.4. The van der Waals surface area contributed by atoms with Crippen molar-refractivity contribution in [2.24, 2.45) is 0 Å². The third-order valence-corrected chi connectivity index (χ3v) is 4.59. The molecule has 150 valence electrons. The first kappa shape index (κ1) is 19.0. The molecule has 2 aromatic carbocycles. The smallest absolute Gasteiger partial charge is 0.294 e. The number of aryl methyl sites for hydroxylation is 1. The van der Waals surface area contributed by atoms with Crippen molar-refractivity contribution in [3.8, 4) is 5.69 Å². The van der Waals surface area contributed by atoms with Gasteiger partial charge in [-0.25, -0.2) is 9.67 Å². The third kappa shape index (κ3) is 3.41. The van der Waals surface area contributed by atoms with Gasteiger partial charge >= 0.3 is 0 Å². The van der Waals surface area contributed by atoms with Gasteiger partial charge in [0.2, 0.25) is 5.91 Å². The summed E-state index contributed by atoms with van der Waals surface area (Å²) in [5.74, 6) is -0.376. The number of nitrogens with one attached hydrogen (secondary N) is 1. The Kier molecular flexibility index (Phi) is 4.80. The highest BCUT2D eigenvalue weighted by Crippen LogP contribution is 2.23. The average molecular weight is 404 g/mol. The first-order chi connectivity index (χ1) is 14.5. The van der Waals surface area contributed by atoms with Crippen molar-refractivity contribution in [2.75, 3.05) is 5.32 Å². The lowest BCUT2D eigenvalue weighted by Gasteiger charge is -2.09. The molecule has 2 aromatic heterocycles. The Morgan fingerprint density at radius 3 is 2.67 bits per heavy atom. The van der Waals surface area contributed by atoms with Crippen molar-refractivity contribution in [3.05, 3.63) is 87.1 Å². The lowest BCUT2D eigenvalue weighted by atomic mass is 10.2. The molecule has 0 bridgehead atoms. The van der Waals surface area contributed by atoms with Crippen LogP contribution in [-0.2, 0) is 11.3 Å². The molecule has 0 radical (unpaired) electrons. The second-order valence-corrected chi connectivity index (χ2v) is 6.58. The predicted molar refractivity (Wildman–Crippen MR) is 110 cm³/mol. The first-order valence-electron chi connectivity index (χ1n) is 8.98. The van der Waals surface area contributed by atoms with Gasteiger partial charge in [-0.3, -0.25) is 24.3 Å². The summed E-state index contributed by atoms with van der Waals surface area (Å²) in [5.41, 5.74) is 1.30. The molecule has 4 rings (SSSR count). The second kappa shape index (κ2) is 7.59. The summed E-state index contributed by atoms with van der Waals surface area (Å²) in [4.78, 5) is 40.2. The van der Waals surface area contributed by atoms with Crippen molar-refractivity contribution in [2.45, 2.75) is 13.5 Å². The molecule has 0 unspecified atom stereocenters. The Labute approximate surface area is 169 Å². The van der Waals surface area contributed by atoms with E-state index in [2.05, 4.69) is 15.4 Å².